The lowest BCUT2D eigenvalue weighted by Gasteiger charge is -2.17. The van der Waals surface area contributed by atoms with Crippen molar-refractivity contribution < 1.29 is 14.5 Å². The number of nitro groups is 1. The van der Waals surface area contributed by atoms with E-state index >= 15 is 0 Å². The maximum Gasteiger partial charge on any atom is 0.270 e. The van der Waals surface area contributed by atoms with Crippen LogP contribution in [0.15, 0.2) is 23.2 Å². The van der Waals surface area contributed by atoms with Crippen LogP contribution in [0.2, 0.25) is 0 Å². The fourth-order valence-corrected chi connectivity index (χ4v) is 4.41. The third kappa shape index (κ3) is 4.19. The summed E-state index contributed by atoms with van der Waals surface area (Å²) in [5.74, 6) is -0.0699. The molecule has 3 rings (SSSR count). The van der Waals surface area contributed by atoms with Crippen molar-refractivity contribution in [3.8, 4) is 0 Å². The van der Waals surface area contributed by atoms with Crippen LogP contribution in [0.3, 0.4) is 0 Å². The Labute approximate surface area is 155 Å². The van der Waals surface area contributed by atoms with Gasteiger partial charge < -0.3 is 9.30 Å². The van der Waals surface area contributed by atoms with Crippen molar-refractivity contribution in [3.63, 3.8) is 0 Å². The maximum absolute atomic E-state index is 12.6. The van der Waals surface area contributed by atoms with E-state index in [1.807, 2.05) is 11.5 Å². The lowest BCUT2D eigenvalue weighted by atomic mass is 9.89. The first-order chi connectivity index (χ1) is 12.6. The molecule has 2 aromatic rings. The van der Waals surface area contributed by atoms with Gasteiger partial charge in [-0.15, -0.1) is 0 Å². The van der Waals surface area contributed by atoms with E-state index in [-0.39, 0.29) is 17.5 Å². The Morgan fingerprint density at radius 3 is 2.85 bits per heavy atom. The van der Waals surface area contributed by atoms with Crippen molar-refractivity contribution in [1.29, 1.82) is 0 Å². The van der Waals surface area contributed by atoms with Crippen LogP contribution in [0.5, 0.6) is 0 Å². The predicted molar refractivity (Wildman–Crippen MR) is 100 cm³/mol. The molecule has 0 radical (unpaired) electrons. The van der Waals surface area contributed by atoms with Crippen LogP contribution in [-0.2, 0) is 16.1 Å². The highest BCUT2D eigenvalue weighted by atomic mass is 32.1. The standard InChI is InChI=1S/C18H23N3O4S/c1-2-25-11-10-20-15-9-8-14(21(23)24)12-16(15)26-18(20)19-17(22)13-6-4-3-5-7-13/h8-9,12-13H,2-7,10-11H2,1H3. The van der Waals surface area contributed by atoms with Crippen LogP contribution in [0.25, 0.3) is 10.2 Å². The molecule has 26 heavy (non-hydrogen) atoms. The number of nitro benzene ring substituents is 1. The molecule has 1 aromatic carbocycles. The predicted octanol–water partition coefficient (Wildman–Crippen LogP) is 3.66. The summed E-state index contributed by atoms with van der Waals surface area (Å²) in [7, 11) is 0. The molecule has 1 saturated carbocycles. The van der Waals surface area contributed by atoms with Gasteiger partial charge in [0.1, 0.15) is 0 Å². The minimum absolute atomic E-state index is 0.00337. The second kappa shape index (κ2) is 8.55. The first-order valence-corrected chi connectivity index (χ1v) is 9.86. The molecule has 0 bridgehead atoms. The second-order valence-electron chi connectivity index (χ2n) is 6.43. The molecule has 0 atom stereocenters. The minimum atomic E-state index is -0.409. The molecule has 0 aliphatic heterocycles. The van der Waals surface area contributed by atoms with Crippen LogP contribution in [0.4, 0.5) is 5.69 Å². The number of carbonyl (C=O) groups is 1. The van der Waals surface area contributed by atoms with E-state index in [4.69, 9.17) is 4.74 Å². The molecule has 0 N–H and O–H groups in total. The summed E-state index contributed by atoms with van der Waals surface area (Å²) in [5.41, 5.74) is 0.886. The zero-order valence-corrected chi connectivity index (χ0v) is 15.7. The molecule has 1 aromatic heterocycles. The number of thiazole rings is 1. The third-order valence-electron chi connectivity index (χ3n) is 4.70. The van der Waals surface area contributed by atoms with Gasteiger partial charge in [-0.2, -0.15) is 4.99 Å². The number of non-ortho nitro benzene ring substituents is 1. The van der Waals surface area contributed by atoms with Gasteiger partial charge in [0.15, 0.2) is 4.80 Å². The Bertz CT molecular complexity index is 865. The number of ether oxygens (including phenoxy) is 1. The fourth-order valence-electron chi connectivity index (χ4n) is 3.31. The zero-order chi connectivity index (χ0) is 18.5. The molecule has 1 aliphatic carbocycles. The second-order valence-corrected chi connectivity index (χ2v) is 7.44. The van der Waals surface area contributed by atoms with E-state index in [1.54, 1.807) is 12.1 Å². The molecular weight excluding hydrogens is 354 g/mol. The number of benzene rings is 1. The summed E-state index contributed by atoms with van der Waals surface area (Å²) >= 11 is 1.32. The van der Waals surface area contributed by atoms with E-state index in [2.05, 4.69) is 4.99 Å². The lowest BCUT2D eigenvalue weighted by Crippen LogP contribution is -2.23. The molecule has 1 aliphatic rings. The lowest BCUT2D eigenvalue weighted by molar-refractivity contribution is -0.384. The Kier molecular flexibility index (Phi) is 6.16. The number of aromatic nitrogens is 1. The Morgan fingerprint density at radius 2 is 2.15 bits per heavy atom. The van der Waals surface area contributed by atoms with Crippen molar-refractivity contribution in [2.75, 3.05) is 13.2 Å². The van der Waals surface area contributed by atoms with Crippen LogP contribution < -0.4 is 4.80 Å². The number of hydrogen-bond donors (Lipinski definition) is 0. The Balaban J connectivity index is 2.00. The van der Waals surface area contributed by atoms with Crippen LogP contribution in [-0.4, -0.2) is 28.6 Å². The van der Waals surface area contributed by atoms with Crippen molar-refractivity contribution in [3.05, 3.63) is 33.1 Å². The Hall–Kier alpha value is -2.06. The quantitative estimate of drug-likeness (QED) is 0.437. The first-order valence-electron chi connectivity index (χ1n) is 9.04. The van der Waals surface area contributed by atoms with E-state index in [0.717, 1.165) is 35.9 Å². The molecule has 0 saturated heterocycles. The number of rotatable bonds is 6. The summed E-state index contributed by atoms with van der Waals surface area (Å²) in [5, 5.41) is 11.0. The molecular formula is C18H23N3O4S. The van der Waals surface area contributed by atoms with Gasteiger partial charge >= 0.3 is 0 Å². The number of nitrogens with zero attached hydrogens (tertiary/aromatic N) is 3. The average molecular weight is 377 g/mol. The zero-order valence-electron chi connectivity index (χ0n) is 14.8. The van der Waals surface area contributed by atoms with Gasteiger partial charge in [0, 0.05) is 31.2 Å². The smallest absolute Gasteiger partial charge is 0.270 e. The molecule has 0 spiro atoms. The van der Waals surface area contributed by atoms with E-state index in [9.17, 15) is 14.9 Å². The molecule has 8 heteroatoms. The normalized spacial score (nSPS) is 16.3. The minimum Gasteiger partial charge on any atom is -0.380 e. The van der Waals surface area contributed by atoms with Crippen molar-refractivity contribution in [2.45, 2.75) is 45.6 Å². The number of amides is 1. The summed E-state index contributed by atoms with van der Waals surface area (Å²) in [4.78, 5) is 28.2. The molecule has 140 valence electrons. The molecule has 1 heterocycles. The number of fused-ring (bicyclic) bond motifs is 1. The summed E-state index contributed by atoms with van der Waals surface area (Å²) < 4.78 is 8.13. The summed E-state index contributed by atoms with van der Waals surface area (Å²) in [6.07, 6.45) is 5.14. The van der Waals surface area contributed by atoms with E-state index in [0.29, 0.717) is 24.6 Å². The van der Waals surface area contributed by atoms with Gasteiger partial charge in [0.2, 0.25) is 0 Å². The number of hydrogen-bond acceptors (Lipinski definition) is 5. The van der Waals surface area contributed by atoms with Gasteiger partial charge in [0.05, 0.1) is 21.7 Å². The molecule has 7 nitrogen and oxygen atoms in total. The highest BCUT2D eigenvalue weighted by molar-refractivity contribution is 7.16. The highest BCUT2D eigenvalue weighted by Crippen LogP contribution is 2.26. The molecule has 1 amide bonds. The first kappa shape index (κ1) is 18.7. The van der Waals surface area contributed by atoms with Crippen LogP contribution in [0.1, 0.15) is 39.0 Å². The van der Waals surface area contributed by atoms with Gasteiger partial charge in [0.25, 0.3) is 11.6 Å². The van der Waals surface area contributed by atoms with Crippen LogP contribution in [0, 0.1) is 16.0 Å². The molecule has 1 fully saturated rings. The van der Waals surface area contributed by atoms with Gasteiger partial charge in [-0.05, 0) is 25.8 Å². The Morgan fingerprint density at radius 1 is 1.38 bits per heavy atom. The van der Waals surface area contributed by atoms with Gasteiger partial charge in [-0.25, -0.2) is 0 Å². The average Bonchev–Trinajstić information content (AvgIpc) is 2.99. The van der Waals surface area contributed by atoms with Crippen molar-refractivity contribution in [2.24, 2.45) is 10.9 Å². The molecule has 0 unspecified atom stereocenters. The fraction of sp³-hybridized carbons (Fsp3) is 0.556. The van der Waals surface area contributed by atoms with E-state index in [1.165, 1.54) is 23.8 Å². The van der Waals surface area contributed by atoms with Crippen molar-refractivity contribution in [1.82, 2.24) is 4.57 Å². The van der Waals surface area contributed by atoms with Crippen molar-refractivity contribution >= 4 is 33.1 Å². The summed E-state index contributed by atoms with van der Waals surface area (Å²) in [6, 6.07) is 4.75. The monoisotopic (exact) mass is 377 g/mol. The van der Waals surface area contributed by atoms with Crippen LogP contribution >= 0.6 is 11.3 Å². The van der Waals surface area contributed by atoms with Gasteiger partial charge in [-0.3, -0.25) is 14.9 Å². The van der Waals surface area contributed by atoms with Gasteiger partial charge in [-0.1, -0.05) is 30.6 Å². The number of carbonyl (C=O) groups excluding carboxylic acids is 1. The van der Waals surface area contributed by atoms with E-state index < -0.39 is 4.92 Å². The third-order valence-corrected chi connectivity index (χ3v) is 5.74. The largest absolute Gasteiger partial charge is 0.380 e. The summed E-state index contributed by atoms with van der Waals surface area (Å²) in [6.45, 7) is 3.60. The SMILES string of the molecule is CCOCCn1c(=NC(=O)C2CCCCC2)sc2cc([N+](=O)[O-])ccc21. The highest BCUT2D eigenvalue weighted by Gasteiger charge is 2.21. The topological polar surface area (TPSA) is 86.7 Å². The maximum atomic E-state index is 12.6.